The highest BCUT2D eigenvalue weighted by molar-refractivity contribution is 6.22. The van der Waals surface area contributed by atoms with Crippen LogP contribution < -0.4 is 5.32 Å². The highest BCUT2D eigenvalue weighted by Crippen LogP contribution is 2.28. The van der Waals surface area contributed by atoms with Gasteiger partial charge in [0.2, 0.25) is 5.91 Å². The summed E-state index contributed by atoms with van der Waals surface area (Å²) in [5, 5.41) is 10.7. The molecule has 0 spiro atoms. The molecule has 1 N–H and O–H groups in total. The lowest BCUT2D eigenvalue weighted by Crippen LogP contribution is -2.25. The summed E-state index contributed by atoms with van der Waals surface area (Å²) in [5.74, 6) is -1.27. The zero-order valence-electron chi connectivity index (χ0n) is 16.3. The van der Waals surface area contributed by atoms with E-state index in [2.05, 4.69) is 15.5 Å². The van der Waals surface area contributed by atoms with Gasteiger partial charge in [-0.3, -0.25) is 19.3 Å². The number of nitrogens with zero attached hydrogens (tertiary/aromatic N) is 3. The topological polar surface area (TPSA) is 92.3 Å². The molecule has 3 aromatic rings. The second-order valence-electron chi connectivity index (χ2n) is 6.99. The Morgan fingerprint density at radius 1 is 1.00 bits per heavy atom. The minimum atomic E-state index is -0.412. The molecule has 2 heterocycles. The van der Waals surface area contributed by atoms with Crippen molar-refractivity contribution in [2.24, 2.45) is 0 Å². The van der Waals surface area contributed by atoms with Gasteiger partial charge in [0.25, 0.3) is 11.8 Å². The Morgan fingerprint density at radius 3 is 2.40 bits per heavy atom. The highest BCUT2D eigenvalue weighted by Gasteiger charge is 2.35. The lowest BCUT2D eigenvalue weighted by molar-refractivity contribution is -0.115. The van der Waals surface area contributed by atoms with E-state index in [1.165, 1.54) is 19.2 Å². The molecule has 0 unspecified atom stereocenters. The minimum Gasteiger partial charge on any atom is -0.309 e. The number of carbonyl (C=O) groups is 3. The van der Waals surface area contributed by atoms with Crippen LogP contribution in [0.1, 0.15) is 31.8 Å². The smallest absolute Gasteiger partial charge is 0.261 e. The summed E-state index contributed by atoms with van der Waals surface area (Å²) in [5.41, 5.74) is 3.08. The van der Waals surface area contributed by atoms with Crippen molar-refractivity contribution >= 4 is 23.5 Å². The van der Waals surface area contributed by atoms with Crippen LogP contribution in [0.4, 0.5) is 10.2 Å². The predicted molar refractivity (Wildman–Crippen MR) is 107 cm³/mol. The average molecular weight is 404 g/mol. The molecule has 4 rings (SSSR count). The maximum Gasteiger partial charge on any atom is 0.261 e. The molecule has 3 amide bonds. The number of benzene rings is 2. The summed E-state index contributed by atoms with van der Waals surface area (Å²) in [6, 6.07) is 12.4. The van der Waals surface area contributed by atoms with Crippen LogP contribution in [0.15, 0.2) is 48.5 Å². The Kier molecular flexibility index (Phi) is 4.83. The first-order valence-electron chi connectivity index (χ1n) is 9.19. The van der Waals surface area contributed by atoms with Gasteiger partial charge in [0.15, 0.2) is 5.82 Å². The van der Waals surface area contributed by atoms with Crippen molar-refractivity contribution < 1.29 is 18.8 Å². The van der Waals surface area contributed by atoms with Gasteiger partial charge in [-0.05, 0) is 60.5 Å². The van der Waals surface area contributed by atoms with Crippen LogP contribution >= 0.6 is 0 Å². The molecule has 0 atom stereocenters. The number of nitrogens with one attached hydrogen (secondary N) is 1. The van der Waals surface area contributed by atoms with Crippen molar-refractivity contribution in [2.45, 2.75) is 13.3 Å². The number of fused-ring (bicyclic) bond motifs is 1. The van der Waals surface area contributed by atoms with Gasteiger partial charge in [-0.15, -0.1) is 10.2 Å². The van der Waals surface area contributed by atoms with E-state index in [0.29, 0.717) is 22.4 Å². The van der Waals surface area contributed by atoms with E-state index in [9.17, 15) is 18.8 Å². The van der Waals surface area contributed by atoms with E-state index in [1.54, 1.807) is 43.3 Å². The third-order valence-corrected chi connectivity index (χ3v) is 5.01. The van der Waals surface area contributed by atoms with E-state index in [0.717, 1.165) is 10.5 Å². The number of carbonyl (C=O) groups excluding carboxylic acids is 3. The molecule has 0 radical (unpaired) electrons. The van der Waals surface area contributed by atoms with Gasteiger partial charge in [0, 0.05) is 12.6 Å². The lowest BCUT2D eigenvalue weighted by atomic mass is 9.95. The van der Waals surface area contributed by atoms with Gasteiger partial charge in [0.1, 0.15) is 5.82 Å². The molecule has 2 aromatic carbocycles. The van der Waals surface area contributed by atoms with Crippen molar-refractivity contribution in [3.8, 4) is 11.3 Å². The molecule has 8 heteroatoms. The number of aryl methyl sites for hydroxylation is 1. The van der Waals surface area contributed by atoms with E-state index >= 15 is 0 Å². The van der Waals surface area contributed by atoms with Gasteiger partial charge in [-0.2, -0.15) is 0 Å². The molecular formula is C22H17FN4O3. The molecule has 0 fully saturated rings. The summed E-state index contributed by atoms with van der Waals surface area (Å²) in [6.45, 7) is 1.79. The standard InChI is InChI=1S/C22H17FN4O3/c1-12-3-8-15-20(22(30)27(2)21(15)29)16(12)11-19(28)24-18-10-9-17(25-26-18)13-4-6-14(23)7-5-13/h3-10H,11H2,1-2H3,(H,24,26,28). The molecule has 30 heavy (non-hydrogen) atoms. The second kappa shape index (κ2) is 7.47. The number of halogens is 1. The third-order valence-electron chi connectivity index (χ3n) is 5.01. The van der Waals surface area contributed by atoms with Gasteiger partial charge in [-0.1, -0.05) is 6.07 Å². The predicted octanol–water partition coefficient (Wildman–Crippen LogP) is 3.00. The van der Waals surface area contributed by atoms with Gasteiger partial charge in [0.05, 0.1) is 23.2 Å². The van der Waals surface area contributed by atoms with Crippen LogP contribution in [0.3, 0.4) is 0 Å². The van der Waals surface area contributed by atoms with Crippen LogP contribution in [-0.2, 0) is 11.2 Å². The van der Waals surface area contributed by atoms with Crippen LogP contribution in [0.2, 0.25) is 0 Å². The molecular weight excluding hydrogens is 387 g/mol. The minimum absolute atomic E-state index is 0.0801. The van der Waals surface area contributed by atoms with Crippen molar-refractivity contribution in [1.29, 1.82) is 0 Å². The number of anilines is 1. The van der Waals surface area contributed by atoms with Gasteiger partial charge < -0.3 is 5.32 Å². The van der Waals surface area contributed by atoms with E-state index in [4.69, 9.17) is 0 Å². The number of hydrogen-bond donors (Lipinski definition) is 1. The fourth-order valence-corrected chi connectivity index (χ4v) is 3.36. The molecule has 0 saturated carbocycles. The molecule has 0 saturated heterocycles. The average Bonchev–Trinajstić information content (AvgIpc) is 2.95. The molecule has 0 bridgehead atoms. The SMILES string of the molecule is Cc1ccc2c(c1CC(=O)Nc1ccc(-c3ccc(F)cc3)nn1)C(=O)N(C)C2=O. The third kappa shape index (κ3) is 3.43. The molecule has 1 aliphatic heterocycles. The Bertz CT molecular complexity index is 1170. The van der Waals surface area contributed by atoms with Crippen molar-refractivity contribution in [3.63, 3.8) is 0 Å². The first kappa shape index (κ1) is 19.4. The van der Waals surface area contributed by atoms with E-state index < -0.39 is 5.91 Å². The number of imide groups is 1. The number of amides is 3. The second-order valence-corrected chi connectivity index (χ2v) is 6.99. The van der Waals surface area contributed by atoms with Crippen LogP contribution in [0, 0.1) is 12.7 Å². The Hall–Kier alpha value is -3.94. The zero-order chi connectivity index (χ0) is 21.4. The van der Waals surface area contributed by atoms with E-state index in [-0.39, 0.29) is 35.4 Å². The van der Waals surface area contributed by atoms with Crippen molar-refractivity contribution in [2.75, 3.05) is 12.4 Å². The molecule has 150 valence electrons. The fourth-order valence-electron chi connectivity index (χ4n) is 3.36. The first-order chi connectivity index (χ1) is 14.3. The molecule has 1 aliphatic rings. The molecule has 0 aliphatic carbocycles. The van der Waals surface area contributed by atoms with E-state index in [1.807, 2.05) is 0 Å². The summed E-state index contributed by atoms with van der Waals surface area (Å²) in [4.78, 5) is 38.2. The number of aromatic nitrogens is 2. The maximum atomic E-state index is 13.0. The Labute approximate surface area is 171 Å². The Balaban J connectivity index is 1.52. The lowest BCUT2D eigenvalue weighted by Gasteiger charge is -2.11. The van der Waals surface area contributed by atoms with Crippen LogP contribution in [0.5, 0.6) is 0 Å². The van der Waals surface area contributed by atoms with Crippen molar-refractivity contribution in [1.82, 2.24) is 15.1 Å². The fraction of sp³-hybridized carbons (Fsp3) is 0.136. The first-order valence-corrected chi connectivity index (χ1v) is 9.19. The number of hydrogen-bond acceptors (Lipinski definition) is 5. The maximum absolute atomic E-state index is 13.0. The van der Waals surface area contributed by atoms with Gasteiger partial charge in [-0.25, -0.2) is 4.39 Å². The van der Waals surface area contributed by atoms with Crippen LogP contribution in [-0.4, -0.2) is 39.9 Å². The number of rotatable bonds is 4. The summed E-state index contributed by atoms with van der Waals surface area (Å²) < 4.78 is 13.0. The molecule has 7 nitrogen and oxygen atoms in total. The summed E-state index contributed by atoms with van der Waals surface area (Å²) in [7, 11) is 1.42. The Morgan fingerprint density at radius 2 is 1.73 bits per heavy atom. The molecule has 1 aromatic heterocycles. The van der Waals surface area contributed by atoms with Gasteiger partial charge >= 0.3 is 0 Å². The zero-order valence-corrected chi connectivity index (χ0v) is 16.3. The summed E-state index contributed by atoms with van der Waals surface area (Å²) in [6.07, 6.45) is -0.0801. The largest absolute Gasteiger partial charge is 0.309 e. The van der Waals surface area contributed by atoms with Crippen LogP contribution in [0.25, 0.3) is 11.3 Å². The van der Waals surface area contributed by atoms with Crippen molar-refractivity contribution in [3.05, 3.63) is 76.6 Å². The summed E-state index contributed by atoms with van der Waals surface area (Å²) >= 11 is 0. The normalized spacial score (nSPS) is 12.8. The monoisotopic (exact) mass is 404 g/mol. The highest BCUT2D eigenvalue weighted by atomic mass is 19.1. The quantitative estimate of drug-likeness (QED) is 0.675.